The predicted octanol–water partition coefficient (Wildman–Crippen LogP) is 5.56. The summed E-state index contributed by atoms with van der Waals surface area (Å²) in [5, 5.41) is 7.17. The third-order valence-electron chi connectivity index (χ3n) is 3.89. The molecule has 0 saturated carbocycles. The van der Waals surface area contributed by atoms with E-state index >= 15 is 0 Å². The van der Waals surface area contributed by atoms with Crippen molar-refractivity contribution in [3.63, 3.8) is 0 Å². The van der Waals surface area contributed by atoms with Crippen molar-refractivity contribution in [2.45, 2.75) is 44.4 Å². The molecule has 23 heavy (non-hydrogen) atoms. The Kier molecular flexibility index (Phi) is 4.64. The molecule has 2 aromatic heterocycles. The van der Waals surface area contributed by atoms with E-state index in [9.17, 15) is 0 Å². The second kappa shape index (κ2) is 6.54. The van der Waals surface area contributed by atoms with Crippen molar-refractivity contribution in [1.82, 2.24) is 14.6 Å². The van der Waals surface area contributed by atoms with E-state index in [1.807, 2.05) is 54.4 Å². The zero-order valence-corrected chi connectivity index (χ0v) is 15.4. The van der Waals surface area contributed by atoms with Gasteiger partial charge in [-0.1, -0.05) is 37.6 Å². The fourth-order valence-corrected chi connectivity index (χ4v) is 3.71. The standard InChI is InChI=1S/C18H20ClN3S/c1-5-12(3)23-16-10-11(2)20-18-17(13(4)21-22(16)18)14-6-8-15(19)9-7-14/h6-10,12H,5H2,1-4H3/t12-/m1/s1. The van der Waals surface area contributed by atoms with Gasteiger partial charge in [0.05, 0.1) is 5.69 Å². The summed E-state index contributed by atoms with van der Waals surface area (Å²) in [5.74, 6) is 0. The Morgan fingerprint density at radius 2 is 1.91 bits per heavy atom. The van der Waals surface area contributed by atoms with Gasteiger partial charge in [0.2, 0.25) is 0 Å². The summed E-state index contributed by atoms with van der Waals surface area (Å²) in [6.45, 7) is 8.51. The summed E-state index contributed by atoms with van der Waals surface area (Å²) in [6, 6.07) is 9.98. The molecule has 3 nitrogen and oxygen atoms in total. The molecule has 0 radical (unpaired) electrons. The van der Waals surface area contributed by atoms with Gasteiger partial charge in [-0.3, -0.25) is 0 Å². The summed E-state index contributed by atoms with van der Waals surface area (Å²) in [6.07, 6.45) is 1.12. The highest BCUT2D eigenvalue weighted by Gasteiger charge is 2.17. The van der Waals surface area contributed by atoms with Crippen LogP contribution in [0.5, 0.6) is 0 Å². The molecule has 2 heterocycles. The van der Waals surface area contributed by atoms with Gasteiger partial charge in [-0.25, -0.2) is 9.50 Å². The van der Waals surface area contributed by atoms with Gasteiger partial charge in [0.15, 0.2) is 5.65 Å². The van der Waals surface area contributed by atoms with Crippen molar-refractivity contribution < 1.29 is 0 Å². The number of aromatic nitrogens is 3. The summed E-state index contributed by atoms with van der Waals surface area (Å²) < 4.78 is 1.98. The Hall–Kier alpha value is -1.52. The minimum Gasteiger partial charge on any atom is -0.233 e. The van der Waals surface area contributed by atoms with Gasteiger partial charge in [0.1, 0.15) is 5.03 Å². The van der Waals surface area contributed by atoms with E-state index in [0.29, 0.717) is 5.25 Å². The zero-order valence-electron chi connectivity index (χ0n) is 13.8. The predicted molar refractivity (Wildman–Crippen MR) is 98.5 cm³/mol. The largest absolute Gasteiger partial charge is 0.233 e. The minimum atomic E-state index is 0.545. The topological polar surface area (TPSA) is 30.2 Å². The lowest BCUT2D eigenvalue weighted by atomic mass is 10.1. The molecule has 0 saturated heterocycles. The molecule has 3 rings (SSSR count). The molecule has 0 amide bonds. The summed E-state index contributed by atoms with van der Waals surface area (Å²) in [7, 11) is 0. The number of benzene rings is 1. The van der Waals surface area contributed by atoms with Crippen LogP contribution in [0.25, 0.3) is 16.8 Å². The fraction of sp³-hybridized carbons (Fsp3) is 0.333. The first-order chi connectivity index (χ1) is 11.0. The molecule has 0 unspecified atom stereocenters. The van der Waals surface area contributed by atoms with Crippen LogP contribution in [-0.2, 0) is 0 Å². The second-order valence-corrected chi connectivity index (χ2v) is 7.67. The van der Waals surface area contributed by atoms with E-state index in [-0.39, 0.29) is 0 Å². The van der Waals surface area contributed by atoms with Crippen molar-refractivity contribution in [3.05, 3.63) is 46.7 Å². The van der Waals surface area contributed by atoms with Crippen LogP contribution in [0.3, 0.4) is 0 Å². The van der Waals surface area contributed by atoms with E-state index in [0.717, 1.165) is 44.6 Å². The van der Waals surface area contributed by atoms with E-state index in [1.165, 1.54) is 0 Å². The molecule has 5 heteroatoms. The number of hydrogen-bond donors (Lipinski definition) is 0. The minimum absolute atomic E-state index is 0.545. The molecule has 0 aliphatic rings. The number of rotatable bonds is 4. The first-order valence-electron chi connectivity index (χ1n) is 7.79. The lowest BCUT2D eigenvalue weighted by molar-refractivity contribution is 0.812. The summed E-state index contributed by atoms with van der Waals surface area (Å²) >= 11 is 7.86. The van der Waals surface area contributed by atoms with Gasteiger partial charge >= 0.3 is 0 Å². The number of halogens is 1. The van der Waals surface area contributed by atoms with E-state index in [4.69, 9.17) is 21.7 Å². The molecule has 0 N–H and O–H groups in total. The molecule has 0 aliphatic carbocycles. The van der Waals surface area contributed by atoms with E-state index in [1.54, 1.807) is 0 Å². The SMILES string of the molecule is CC[C@@H](C)Sc1cc(C)nc2c(-c3ccc(Cl)cc3)c(C)nn12. The van der Waals surface area contributed by atoms with Gasteiger partial charge < -0.3 is 0 Å². The van der Waals surface area contributed by atoms with Crippen molar-refractivity contribution in [2.75, 3.05) is 0 Å². The highest BCUT2D eigenvalue weighted by Crippen LogP contribution is 2.32. The van der Waals surface area contributed by atoms with Crippen molar-refractivity contribution in [2.24, 2.45) is 0 Å². The molecular formula is C18H20ClN3S. The van der Waals surface area contributed by atoms with Crippen molar-refractivity contribution >= 4 is 29.0 Å². The third kappa shape index (κ3) is 3.24. The number of thioether (sulfide) groups is 1. The van der Waals surface area contributed by atoms with Crippen molar-refractivity contribution in [3.8, 4) is 11.1 Å². The lowest BCUT2D eigenvalue weighted by Gasteiger charge is -2.10. The average molecular weight is 346 g/mol. The van der Waals surface area contributed by atoms with Crippen LogP contribution >= 0.6 is 23.4 Å². The van der Waals surface area contributed by atoms with Gasteiger partial charge in [-0.05, 0) is 44.0 Å². The Bertz CT molecular complexity index is 840. The Labute approximate surface area is 146 Å². The molecule has 0 bridgehead atoms. The molecule has 0 fully saturated rings. The first-order valence-corrected chi connectivity index (χ1v) is 9.05. The Morgan fingerprint density at radius 3 is 2.57 bits per heavy atom. The highest BCUT2D eigenvalue weighted by molar-refractivity contribution is 7.99. The molecule has 120 valence electrons. The quantitative estimate of drug-likeness (QED) is 0.458. The average Bonchev–Trinajstić information content (AvgIpc) is 2.84. The molecule has 3 aromatic rings. The maximum atomic E-state index is 6.01. The molecule has 1 aromatic carbocycles. The number of hydrogen-bond acceptors (Lipinski definition) is 3. The van der Waals surface area contributed by atoms with Gasteiger partial charge in [-0.15, -0.1) is 11.8 Å². The molecule has 0 aliphatic heterocycles. The Balaban J connectivity index is 2.20. The normalized spacial score (nSPS) is 12.7. The molecule has 0 spiro atoms. The van der Waals surface area contributed by atoms with Crippen LogP contribution in [0.15, 0.2) is 35.4 Å². The van der Waals surface area contributed by atoms with Crippen LogP contribution in [0.4, 0.5) is 0 Å². The number of nitrogens with zero attached hydrogens (tertiary/aromatic N) is 3. The third-order valence-corrected chi connectivity index (χ3v) is 5.41. The van der Waals surface area contributed by atoms with Crippen LogP contribution in [0.1, 0.15) is 31.7 Å². The maximum absolute atomic E-state index is 6.01. The monoisotopic (exact) mass is 345 g/mol. The number of aryl methyl sites for hydroxylation is 2. The van der Waals surface area contributed by atoms with Crippen LogP contribution < -0.4 is 0 Å². The maximum Gasteiger partial charge on any atom is 0.164 e. The van der Waals surface area contributed by atoms with Crippen LogP contribution in [0.2, 0.25) is 5.02 Å². The molecular weight excluding hydrogens is 326 g/mol. The van der Waals surface area contributed by atoms with E-state index in [2.05, 4.69) is 19.9 Å². The van der Waals surface area contributed by atoms with Gasteiger partial charge in [-0.2, -0.15) is 5.10 Å². The second-order valence-electron chi connectivity index (χ2n) is 5.78. The van der Waals surface area contributed by atoms with Gasteiger partial charge in [0.25, 0.3) is 0 Å². The van der Waals surface area contributed by atoms with Crippen molar-refractivity contribution in [1.29, 1.82) is 0 Å². The lowest BCUT2D eigenvalue weighted by Crippen LogP contribution is -2.01. The Morgan fingerprint density at radius 1 is 1.22 bits per heavy atom. The summed E-state index contributed by atoms with van der Waals surface area (Å²) in [4.78, 5) is 4.74. The van der Waals surface area contributed by atoms with Crippen LogP contribution in [0, 0.1) is 13.8 Å². The van der Waals surface area contributed by atoms with E-state index < -0.39 is 0 Å². The summed E-state index contributed by atoms with van der Waals surface area (Å²) in [5.41, 5.74) is 5.08. The fourth-order valence-electron chi connectivity index (χ4n) is 2.54. The number of fused-ring (bicyclic) bond motifs is 1. The first kappa shape index (κ1) is 16.3. The highest BCUT2D eigenvalue weighted by atomic mass is 35.5. The molecule has 1 atom stereocenters. The van der Waals surface area contributed by atoms with Gasteiger partial charge in [0, 0.05) is 21.5 Å². The smallest absolute Gasteiger partial charge is 0.164 e. The van der Waals surface area contributed by atoms with Crippen LogP contribution in [-0.4, -0.2) is 19.8 Å². The zero-order chi connectivity index (χ0) is 16.6.